The molecule has 0 unspecified atom stereocenters. The first kappa shape index (κ1) is 16.2. The molecule has 0 spiro atoms. The van der Waals surface area contributed by atoms with E-state index in [2.05, 4.69) is 20.2 Å². The quantitative estimate of drug-likeness (QED) is 0.799. The van der Waals surface area contributed by atoms with Crippen LogP contribution in [0.1, 0.15) is 12.5 Å². The third kappa shape index (κ3) is 3.71. The lowest BCUT2D eigenvalue weighted by Gasteiger charge is -2.08. The summed E-state index contributed by atoms with van der Waals surface area (Å²) in [6.07, 6.45) is 0. The Morgan fingerprint density at radius 2 is 2.05 bits per heavy atom. The summed E-state index contributed by atoms with van der Waals surface area (Å²) in [5.74, 6) is 0.311. The van der Waals surface area contributed by atoms with Gasteiger partial charge >= 0.3 is 0 Å². The van der Waals surface area contributed by atoms with Crippen LogP contribution in [0.5, 0.6) is 5.75 Å². The van der Waals surface area contributed by atoms with Gasteiger partial charge in [0.1, 0.15) is 5.75 Å². The van der Waals surface area contributed by atoms with Crippen LogP contribution in [-0.4, -0.2) is 31.6 Å². The molecule has 0 radical (unpaired) electrons. The second-order valence-corrected chi connectivity index (χ2v) is 7.18. The normalized spacial score (nSPS) is 11.0. The number of ether oxygens (including phenoxy) is 1. The summed E-state index contributed by atoms with van der Waals surface area (Å²) in [4.78, 5) is 10.9. The minimum atomic E-state index is -3.86. The minimum absolute atomic E-state index is 0.124. The van der Waals surface area contributed by atoms with E-state index in [-0.39, 0.29) is 15.4 Å². The van der Waals surface area contributed by atoms with Gasteiger partial charge in [-0.25, -0.2) is 0 Å². The third-order valence-electron chi connectivity index (χ3n) is 2.57. The molecule has 0 aliphatic rings. The fourth-order valence-corrected chi connectivity index (χ4v) is 3.66. The smallest absolute Gasteiger partial charge is 0.291 e. The maximum atomic E-state index is 12.2. The van der Waals surface area contributed by atoms with Crippen LogP contribution < -0.4 is 14.8 Å². The number of aromatic nitrogens is 2. The zero-order valence-corrected chi connectivity index (χ0v) is 13.7. The van der Waals surface area contributed by atoms with E-state index in [4.69, 9.17) is 4.74 Å². The topological polar surface area (TPSA) is 110 Å². The first-order valence-corrected chi connectivity index (χ1v) is 8.40. The Kier molecular flexibility index (Phi) is 4.62. The van der Waals surface area contributed by atoms with Crippen LogP contribution in [0.15, 0.2) is 22.5 Å². The van der Waals surface area contributed by atoms with Crippen LogP contribution in [0.2, 0.25) is 0 Å². The molecule has 8 nitrogen and oxygen atoms in total. The average molecular weight is 342 g/mol. The molecule has 1 amide bonds. The van der Waals surface area contributed by atoms with E-state index in [1.807, 2.05) is 0 Å². The average Bonchev–Trinajstić information content (AvgIpc) is 2.87. The molecule has 0 aliphatic carbocycles. The summed E-state index contributed by atoms with van der Waals surface area (Å²) in [6, 6.07) is 4.89. The van der Waals surface area contributed by atoms with E-state index < -0.39 is 10.0 Å². The van der Waals surface area contributed by atoms with Crippen LogP contribution in [0.25, 0.3) is 0 Å². The van der Waals surface area contributed by atoms with E-state index in [0.717, 1.165) is 16.9 Å². The molecular weight excluding hydrogens is 328 g/mol. The molecule has 1 aromatic heterocycles. The Balaban J connectivity index is 2.22. The molecule has 0 saturated heterocycles. The number of hydrogen-bond donors (Lipinski definition) is 2. The van der Waals surface area contributed by atoms with Crippen LogP contribution >= 0.6 is 11.3 Å². The highest BCUT2D eigenvalue weighted by atomic mass is 32.2. The first-order chi connectivity index (χ1) is 10.3. The Morgan fingerprint density at radius 1 is 1.32 bits per heavy atom. The lowest BCUT2D eigenvalue weighted by molar-refractivity contribution is -0.114. The Morgan fingerprint density at radius 3 is 2.64 bits per heavy atom. The molecule has 22 heavy (non-hydrogen) atoms. The van der Waals surface area contributed by atoms with Gasteiger partial charge in [-0.15, -0.1) is 10.2 Å². The molecule has 0 fully saturated rings. The molecule has 10 heteroatoms. The van der Waals surface area contributed by atoms with Gasteiger partial charge in [-0.1, -0.05) is 11.3 Å². The van der Waals surface area contributed by atoms with Gasteiger partial charge in [-0.05, 0) is 30.7 Å². The predicted molar refractivity (Wildman–Crippen MR) is 82.8 cm³/mol. The van der Waals surface area contributed by atoms with Gasteiger partial charge in [0, 0.05) is 12.6 Å². The van der Waals surface area contributed by atoms with Gasteiger partial charge in [0.2, 0.25) is 11.0 Å². The second kappa shape index (κ2) is 6.28. The number of benzene rings is 1. The van der Waals surface area contributed by atoms with Crippen molar-refractivity contribution in [2.24, 2.45) is 0 Å². The molecule has 0 atom stereocenters. The Labute approximate surface area is 131 Å². The highest BCUT2D eigenvalue weighted by Gasteiger charge is 2.21. The van der Waals surface area contributed by atoms with Gasteiger partial charge < -0.3 is 10.1 Å². The summed E-state index contributed by atoms with van der Waals surface area (Å²) < 4.78 is 31.7. The number of nitrogens with zero attached hydrogens (tertiary/aromatic N) is 2. The molecule has 0 aliphatic heterocycles. The van der Waals surface area contributed by atoms with E-state index in [1.165, 1.54) is 14.0 Å². The number of carbonyl (C=O) groups is 1. The van der Waals surface area contributed by atoms with Crippen molar-refractivity contribution < 1.29 is 17.9 Å². The molecular formula is C12H14N4O4S2. The van der Waals surface area contributed by atoms with Crippen molar-refractivity contribution >= 4 is 38.1 Å². The summed E-state index contributed by atoms with van der Waals surface area (Å²) in [7, 11) is -2.32. The maximum Gasteiger partial charge on any atom is 0.291 e. The lowest BCUT2D eigenvalue weighted by atomic mass is 10.2. The third-order valence-corrected chi connectivity index (χ3v) is 5.15. The monoisotopic (exact) mass is 342 g/mol. The molecule has 1 aromatic carbocycles. The predicted octanol–water partition coefficient (Wildman–Crippen LogP) is 1.61. The number of amides is 1. The minimum Gasteiger partial charge on any atom is -0.496 e. The number of methoxy groups -OCH3 is 1. The van der Waals surface area contributed by atoms with E-state index in [0.29, 0.717) is 11.4 Å². The zero-order valence-electron chi connectivity index (χ0n) is 12.1. The van der Waals surface area contributed by atoms with Crippen molar-refractivity contribution in [3.05, 3.63) is 23.8 Å². The number of aryl methyl sites for hydroxylation is 1. The number of anilines is 2. The van der Waals surface area contributed by atoms with Crippen molar-refractivity contribution in [3.63, 3.8) is 0 Å². The van der Waals surface area contributed by atoms with Crippen LogP contribution in [0.3, 0.4) is 0 Å². The SMILES string of the molecule is COc1ccc(NS(=O)(=O)c2nnc(NC(C)=O)s2)cc1C. The number of hydrogen-bond acceptors (Lipinski definition) is 7. The van der Waals surface area contributed by atoms with Crippen LogP contribution in [0, 0.1) is 6.92 Å². The van der Waals surface area contributed by atoms with Crippen molar-refractivity contribution in [2.45, 2.75) is 18.2 Å². The van der Waals surface area contributed by atoms with Gasteiger partial charge in [0.25, 0.3) is 14.4 Å². The van der Waals surface area contributed by atoms with Crippen LogP contribution in [0.4, 0.5) is 10.8 Å². The van der Waals surface area contributed by atoms with Gasteiger partial charge in [0.05, 0.1) is 7.11 Å². The Bertz CT molecular complexity index is 801. The van der Waals surface area contributed by atoms with Gasteiger partial charge in [-0.3, -0.25) is 9.52 Å². The highest BCUT2D eigenvalue weighted by Crippen LogP contribution is 2.25. The summed E-state index contributed by atoms with van der Waals surface area (Å²) in [5, 5.41) is 9.68. The van der Waals surface area contributed by atoms with E-state index >= 15 is 0 Å². The summed E-state index contributed by atoms with van der Waals surface area (Å²) >= 11 is 0.770. The fourth-order valence-electron chi connectivity index (χ4n) is 1.66. The van der Waals surface area contributed by atoms with E-state index in [9.17, 15) is 13.2 Å². The molecule has 1 heterocycles. The largest absolute Gasteiger partial charge is 0.496 e. The highest BCUT2D eigenvalue weighted by molar-refractivity contribution is 7.94. The maximum absolute atomic E-state index is 12.2. The molecule has 2 N–H and O–H groups in total. The van der Waals surface area contributed by atoms with Crippen molar-refractivity contribution in [1.82, 2.24) is 10.2 Å². The van der Waals surface area contributed by atoms with Gasteiger partial charge in [-0.2, -0.15) is 8.42 Å². The lowest BCUT2D eigenvalue weighted by Crippen LogP contribution is -2.12. The van der Waals surface area contributed by atoms with Crippen molar-refractivity contribution in [1.29, 1.82) is 0 Å². The van der Waals surface area contributed by atoms with Crippen molar-refractivity contribution in [3.8, 4) is 5.75 Å². The summed E-state index contributed by atoms with van der Waals surface area (Å²) in [6.45, 7) is 3.10. The number of nitrogens with one attached hydrogen (secondary N) is 2. The zero-order chi connectivity index (χ0) is 16.3. The number of rotatable bonds is 5. The van der Waals surface area contributed by atoms with E-state index in [1.54, 1.807) is 25.1 Å². The number of carbonyl (C=O) groups excluding carboxylic acids is 1. The van der Waals surface area contributed by atoms with Crippen LogP contribution in [-0.2, 0) is 14.8 Å². The number of sulfonamides is 1. The Hall–Kier alpha value is -2.20. The van der Waals surface area contributed by atoms with Gasteiger partial charge in [0.15, 0.2) is 0 Å². The summed E-state index contributed by atoms with van der Waals surface area (Å²) in [5.41, 5.74) is 1.17. The fraction of sp³-hybridized carbons (Fsp3) is 0.250. The first-order valence-electron chi connectivity index (χ1n) is 6.10. The molecule has 0 saturated carbocycles. The van der Waals surface area contributed by atoms with Crippen molar-refractivity contribution in [2.75, 3.05) is 17.1 Å². The molecule has 2 aromatic rings. The second-order valence-electron chi connectivity index (χ2n) is 4.34. The standard InChI is InChI=1S/C12H14N4O4S2/c1-7-6-9(4-5-10(7)20-3)16-22(18,19)12-15-14-11(21-12)13-8(2)17/h4-6,16H,1-3H3,(H,13,14,17). The molecule has 0 bridgehead atoms. The molecule has 118 valence electrons. The molecule has 2 rings (SSSR count).